The van der Waals surface area contributed by atoms with Gasteiger partial charge in [-0.3, -0.25) is 0 Å². The van der Waals surface area contributed by atoms with E-state index in [9.17, 15) is 0 Å². The van der Waals surface area contributed by atoms with Gasteiger partial charge in [0.05, 0.1) is 5.38 Å². The van der Waals surface area contributed by atoms with Gasteiger partial charge in [-0.05, 0) is 41.8 Å². The Morgan fingerprint density at radius 2 is 1.90 bits per heavy atom. The highest BCUT2D eigenvalue weighted by atomic mass is 79.9. The van der Waals surface area contributed by atoms with Crippen LogP contribution in [0, 0.1) is 0 Å². The van der Waals surface area contributed by atoms with Crippen molar-refractivity contribution in [1.82, 2.24) is 5.32 Å². The molecule has 110 valence electrons. The average molecular weight is 367 g/mol. The van der Waals surface area contributed by atoms with Crippen molar-refractivity contribution in [2.45, 2.75) is 17.8 Å². The first-order chi connectivity index (χ1) is 10.2. The van der Waals surface area contributed by atoms with Gasteiger partial charge in [0.15, 0.2) is 0 Å². The molecule has 0 aliphatic heterocycles. The molecule has 4 heteroatoms. The molecule has 2 aromatic rings. The molecule has 0 saturated heterocycles. The SMILES string of the molecule is ClC1Cc2ccccc2C1NCCOc1ccc(Br)cc1. The van der Waals surface area contributed by atoms with E-state index in [0.29, 0.717) is 6.61 Å². The zero-order chi connectivity index (χ0) is 14.7. The lowest BCUT2D eigenvalue weighted by Crippen LogP contribution is -2.29. The molecule has 2 atom stereocenters. The monoisotopic (exact) mass is 365 g/mol. The van der Waals surface area contributed by atoms with Crippen LogP contribution in [0.2, 0.25) is 0 Å². The fourth-order valence-corrected chi connectivity index (χ4v) is 3.35. The maximum Gasteiger partial charge on any atom is 0.119 e. The molecular weight excluding hydrogens is 350 g/mol. The Balaban J connectivity index is 1.50. The zero-order valence-corrected chi connectivity index (χ0v) is 13.9. The number of alkyl halides is 1. The Morgan fingerprint density at radius 1 is 1.14 bits per heavy atom. The molecule has 2 aromatic carbocycles. The number of hydrogen-bond acceptors (Lipinski definition) is 2. The number of nitrogens with one attached hydrogen (secondary N) is 1. The van der Waals surface area contributed by atoms with Crippen LogP contribution in [0.1, 0.15) is 17.2 Å². The van der Waals surface area contributed by atoms with E-state index in [2.05, 4.69) is 45.5 Å². The number of benzene rings is 2. The molecule has 21 heavy (non-hydrogen) atoms. The third-order valence-corrected chi connectivity index (χ3v) is 4.65. The second-order valence-corrected chi connectivity index (χ2v) is 6.63. The summed E-state index contributed by atoms with van der Waals surface area (Å²) in [5, 5.41) is 3.62. The average Bonchev–Trinajstić information content (AvgIpc) is 2.81. The van der Waals surface area contributed by atoms with Gasteiger partial charge in [0.2, 0.25) is 0 Å². The van der Waals surface area contributed by atoms with E-state index in [1.165, 1.54) is 11.1 Å². The van der Waals surface area contributed by atoms with Gasteiger partial charge in [0, 0.05) is 17.1 Å². The summed E-state index contributed by atoms with van der Waals surface area (Å²) in [5.41, 5.74) is 2.67. The van der Waals surface area contributed by atoms with Crippen molar-refractivity contribution in [3.8, 4) is 5.75 Å². The van der Waals surface area contributed by atoms with Gasteiger partial charge >= 0.3 is 0 Å². The second kappa shape index (κ2) is 6.82. The molecule has 0 saturated carbocycles. The summed E-state index contributed by atoms with van der Waals surface area (Å²) in [5.74, 6) is 0.884. The van der Waals surface area contributed by atoms with Gasteiger partial charge < -0.3 is 10.1 Å². The van der Waals surface area contributed by atoms with Crippen LogP contribution in [0.15, 0.2) is 53.0 Å². The minimum atomic E-state index is 0.120. The molecular formula is C17H17BrClNO. The Hall–Kier alpha value is -1.03. The van der Waals surface area contributed by atoms with E-state index in [4.69, 9.17) is 16.3 Å². The van der Waals surface area contributed by atoms with Gasteiger partial charge in [-0.25, -0.2) is 0 Å². The van der Waals surface area contributed by atoms with Crippen molar-refractivity contribution in [1.29, 1.82) is 0 Å². The highest BCUT2D eigenvalue weighted by molar-refractivity contribution is 9.10. The van der Waals surface area contributed by atoms with Crippen molar-refractivity contribution < 1.29 is 4.74 Å². The zero-order valence-electron chi connectivity index (χ0n) is 11.6. The van der Waals surface area contributed by atoms with Gasteiger partial charge in [-0.15, -0.1) is 11.6 Å². The quantitative estimate of drug-likeness (QED) is 0.628. The molecule has 0 radical (unpaired) electrons. The van der Waals surface area contributed by atoms with Crippen molar-refractivity contribution in [2.75, 3.05) is 13.2 Å². The molecule has 1 aliphatic carbocycles. The lowest BCUT2D eigenvalue weighted by atomic mass is 10.1. The fourth-order valence-electron chi connectivity index (χ4n) is 2.70. The normalized spacial score (nSPS) is 20.3. The van der Waals surface area contributed by atoms with Crippen LogP contribution < -0.4 is 10.1 Å². The predicted molar refractivity (Wildman–Crippen MR) is 90.2 cm³/mol. The van der Waals surface area contributed by atoms with Crippen LogP contribution in [0.3, 0.4) is 0 Å². The van der Waals surface area contributed by atoms with Crippen molar-refractivity contribution >= 4 is 27.5 Å². The van der Waals surface area contributed by atoms with Gasteiger partial charge in [-0.1, -0.05) is 40.2 Å². The lowest BCUT2D eigenvalue weighted by molar-refractivity contribution is 0.305. The Bertz CT molecular complexity index is 602. The summed E-state index contributed by atoms with van der Waals surface area (Å²) in [7, 11) is 0. The van der Waals surface area contributed by atoms with Gasteiger partial charge in [-0.2, -0.15) is 0 Å². The smallest absolute Gasteiger partial charge is 0.119 e. The summed E-state index contributed by atoms with van der Waals surface area (Å²) in [6.07, 6.45) is 0.933. The maximum atomic E-state index is 6.45. The van der Waals surface area contributed by atoms with E-state index in [1.54, 1.807) is 0 Å². The number of rotatable bonds is 5. The van der Waals surface area contributed by atoms with Crippen LogP contribution in [0.5, 0.6) is 5.75 Å². The van der Waals surface area contributed by atoms with E-state index in [0.717, 1.165) is 23.2 Å². The number of fused-ring (bicyclic) bond motifs is 1. The Labute approximate surface area is 138 Å². The molecule has 0 heterocycles. The van der Waals surface area contributed by atoms with E-state index < -0.39 is 0 Å². The Kier molecular flexibility index (Phi) is 4.84. The van der Waals surface area contributed by atoms with E-state index >= 15 is 0 Å². The van der Waals surface area contributed by atoms with Crippen LogP contribution in [-0.2, 0) is 6.42 Å². The van der Waals surface area contributed by atoms with Crippen molar-refractivity contribution in [3.05, 3.63) is 64.1 Å². The highest BCUT2D eigenvalue weighted by Crippen LogP contribution is 2.34. The standard InChI is InChI=1S/C17H17BrClNO/c18-13-5-7-14(8-6-13)21-10-9-20-17-15-4-2-1-3-12(15)11-16(17)19/h1-8,16-17,20H,9-11H2. The molecule has 2 unspecified atom stereocenters. The number of ether oxygens (including phenoxy) is 1. The minimum Gasteiger partial charge on any atom is -0.492 e. The van der Waals surface area contributed by atoms with Crippen LogP contribution in [0.4, 0.5) is 0 Å². The third kappa shape index (κ3) is 3.60. The number of hydrogen-bond donors (Lipinski definition) is 1. The van der Waals surface area contributed by atoms with Gasteiger partial charge in [0.25, 0.3) is 0 Å². The van der Waals surface area contributed by atoms with Crippen LogP contribution >= 0.6 is 27.5 Å². The lowest BCUT2D eigenvalue weighted by Gasteiger charge is -2.17. The molecule has 3 rings (SSSR count). The number of halogens is 2. The summed E-state index contributed by atoms with van der Waals surface area (Å²) in [6, 6.07) is 16.5. The van der Waals surface area contributed by atoms with Crippen molar-refractivity contribution in [2.24, 2.45) is 0 Å². The second-order valence-electron chi connectivity index (χ2n) is 5.15. The van der Waals surface area contributed by atoms with Crippen LogP contribution in [-0.4, -0.2) is 18.5 Å². The highest BCUT2D eigenvalue weighted by Gasteiger charge is 2.29. The Morgan fingerprint density at radius 3 is 2.71 bits per heavy atom. The molecule has 0 spiro atoms. The third-order valence-electron chi connectivity index (χ3n) is 3.72. The molecule has 0 fully saturated rings. The topological polar surface area (TPSA) is 21.3 Å². The summed E-state index contributed by atoms with van der Waals surface area (Å²) in [6.45, 7) is 1.40. The van der Waals surface area contributed by atoms with Crippen molar-refractivity contribution in [3.63, 3.8) is 0 Å². The summed E-state index contributed by atoms with van der Waals surface area (Å²) < 4.78 is 6.77. The molecule has 2 nitrogen and oxygen atoms in total. The maximum absolute atomic E-state index is 6.45. The fraction of sp³-hybridized carbons (Fsp3) is 0.294. The summed E-state index contributed by atoms with van der Waals surface area (Å²) in [4.78, 5) is 0. The molecule has 0 amide bonds. The van der Waals surface area contributed by atoms with E-state index in [-0.39, 0.29) is 11.4 Å². The predicted octanol–water partition coefficient (Wildman–Crippen LogP) is 4.32. The minimum absolute atomic E-state index is 0.120. The first-order valence-electron chi connectivity index (χ1n) is 7.07. The molecule has 1 N–H and O–H groups in total. The molecule has 1 aliphatic rings. The first-order valence-corrected chi connectivity index (χ1v) is 8.30. The van der Waals surface area contributed by atoms with E-state index in [1.807, 2.05) is 24.3 Å². The van der Waals surface area contributed by atoms with Crippen LogP contribution in [0.25, 0.3) is 0 Å². The first kappa shape index (κ1) is 14.9. The molecule has 0 aromatic heterocycles. The van der Waals surface area contributed by atoms with Gasteiger partial charge in [0.1, 0.15) is 12.4 Å². The summed E-state index contributed by atoms with van der Waals surface area (Å²) >= 11 is 9.86. The molecule has 0 bridgehead atoms. The largest absolute Gasteiger partial charge is 0.492 e.